The molecule has 1 aromatic carbocycles. The number of carbonyl (C=O) groups is 11. The van der Waals surface area contributed by atoms with Gasteiger partial charge >= 0.3 is 17.9 Å². The first kappa shape index (κ1) is 96.8. The molecular formula is C49H81O33-7. The molecule has 33 nitrogen and oxygen atoms in total. The summed E-state index contributed by atoms with van der Waals surface area (Å²) in [7, 11) is 0. The lowest BCUT2D eigenvalue weighted by Crippen LogP contribution is -2.52. The SMILES string of the molecule is C.C.C.CC(=O)[O-].CC(C)C(=O)[O-].CC(CC(=O)O)C(=O)[O-].CC(O)(CC(=O)[O-])CC(=O)O.CC(O)C1COCC(=O)C(O)=C1O.CCC(=O)[O-].Cc1ccc(C)cc1.O=C([O-])C(O)C(O)C(=O)O.O=C([O-])C(O)C(O)C(O)C(O)CO. The van der Waals surface area contributed by atoms with E-state index in [0.29, 0.717) is 0 Å². The molecule has 33 heteroatoms. The topological polar surface area (TPSA) is 642 Å². The van der Waals surface area contributed by atoms with Crippen LogP contribution in [0.5, 0.6) is 0 Å². The standard InChI is InChI=1S/C8H12O5.C8H10.C6H12O7.C6H10O5.C5H8O4.C4H6O6.C4H8O2.C3H6O2.C2H4O2.3CH4/c1-4(9)5-2-13-3-6(10)8(12)7(5)11;1-7-3-5-8(2)6-4-7;7-1-2(8)3(9)4(10)5(11)6(12)13;1-6(11,2-4(7)8)3-5(9)10;1-3(5(8)9)2-4(6)7;5-1(3(7)8)2(6)4(9)10;1-3(2)4(5)6;1-2-3(4)5;1-2(3)4;;;/h4-5,9,11-12H,2-3H2,1H3;3-6H,1-2H3;2-5,7-11H,1H2,(H,12,13);11H,2-3H2,1H3,(H,7,8)(H,9,10);3H,2H2,1H3,(H,6,7)(H,8,9);1-2,5-6H,(H,7,8)(H,9,10);3H,1-2H3,(H,5,6);2H2,1H3,(H,4,5);1H3,(H,3,4);3*1H4/p-7. The van der Waals surface area contributed by atoms with Gasteiger partial charge in [0.15, 0.2) is 11.9 Å². The Morgan fingerprint density at radius 1 is 0.634 bits per heavy atom. The molecule has 482 valence electrons. The van der Waals surface area contributed by atoms with Crippen molar-refractivity contribution in [1.82, 2.24) is 0 Å². The maximum absolute atomic E-state index is 10.9. The fraction of sp³-hybridized carbons (Fsp3) is 0.612. The van der Waals surface area contributed by atoms with Crippen LogP contribution in [0.4, 0.5) is 0 Å². The van der Waals surface area contributed by atoms with Gasteiger partial charge in [0.05, 0.1) is 55.6 Å². The Morgan fingerprint density at radius 2 is 1.00 bits per heavy atom. The average molecular weight is 1200 g/mol. The van der Waals surface area contributed by atoms with Crippen LogP contribution in [0.3, 0.4) is 0 Å². The molecule has 0 amide bonds. The summed E-state index contributed by atoms with van der Waals surface area (Å²) in [5, 5.41) is 188. The molecule has 1 heterocycles. The highest BCUT2D eigenvalue weighted by Gasteiger charge is 2.31. The van der Waals surface area contributed by atoms with Gasteiger partial charge in [-0.1, -0.05) is 85.4 Å². The predicted octanol–water partition coefficient (Wildman–Crippen LogP) is -9.67. The lowest BCUT2D eigenvalue weighted by atomic mass is 9.99. The second-order valence-electron chi connectivity index (χ2n) is 16.3. The summed E-state index contributed by atoms with van der Waals surface area (Å²) >= 11 is 0. The molecule has 0 spiro atoms. The summed E-state index contributed by atoms with van der Waals surface area (Å²) in [6, 6.07) is 8.48. The Morgan fingerprint density at radius 3 is 1.22 bits per heavy atom. The molecule has 0 aromatic heterocycles. The molecule has 10 unspecified atom stereocenters. The van der Waals surface area contributed by atoms with Crippen LogP contribution in [0.2, 0.25) is 0 Å². The number of aliphatic hydroxyl groups excluding tert-OH is 10. The smallest absolute Gasteiger partial charge is 0.335 e. The quantitative estimate of drug-likeness (QED) is 0.0649. The molecule has 1 aliphatic rings. The fourth-order valence-electron chi connectivity index (χ4n) is 3.72. The van der Waals surface area contributed by atoms with Crippen LogP contribution < -0.4 is 35.7 Å². The Kier molecular flexibility index (Phi) is 62.4. The van der Waals surface area contributed by atoms with Crippen molar-refractivity contribution in [3.63, 3.8) is 0 Å². The van der Waals surface area contributed by atoms with Gasteiger partial charge in [0.1, 0.15) is 42.9 Å². The number of aliphatic carboxylic acids is 10. The van der Waals surface area contributed by atoms with Crippen molar-refractivity contribution in [3.05, 3.63) is 46.9 Å². The summed E-state index contributed by atoms with van der Waals surface area (Å²) in [6.07, 6.45) is -15.2. The van der Waals surface area contributed by atoms with Crippen LogP contribution >= 0.6 is 0 Å². The first-order valence-corrected chi connectivity index (χ1v) is 22.2. The van der Waals surface area contributed by atoms with Gasteiger partial charge in [-0.25, -0.2) is 4.79 Å². The van der Waals surface area contributed by atoms with E-state index in [1.165, 1.54) is 31.9 Å². The molecule has 0 radical (unpaired) electrons. The molecule has 10 atom stereocenters. The Balaban J connectivity index is -0.0000000902. The highest BCUT2D eigenvalue weighted by atomic mass is 16.5. The van der Waals surface area contributed by atoms with E-state index in [2.05, 4.69) is 38.1 Å². The van der Waals surface area contributed by atoms with Gasteiger partial charge in [0, 0.05) is 42.2 Å². The summed E-state index contributed by atoms with van der Waals surface area (Å²) < 4.78 is 4.85. The minimum Gasteiger partial charge on any atom is -0.550 e. The van der Waals surface area contributed by atoms with Gasteiger partial charge in [-0.3, -0.25) is 14.4 Å². The van der Waals surface area contributed by atoms with Crippen LogP contribution in [0.1, 0.15) is 108 Å². The van der Waals surface area contributed by atoms with Crippen molar-refractivity contribution in [3.8, 4) is 0 Å². The lowest BCUT2D eigenvalue weighted by molar-refractivity contribution is -0.320. The van der Waals surface area contributed by atoms with Gasteiger partial charge in [-0.15, -0.1) is 0 Å². The molecule has 2 rings (SSSR count). The van der Waals surface area contributed by atoms with E-state index in [4.69, 9.17) is 75.9 Å². The van der Waals surface area contributed by atoms with Crippen molar-refractivity contribution in [1.29, 1.82) is 0 Å². The van der Waals surface area contributed by atoms with E-state index in [1.807, 2.05) is 0 Å². The minimum atomic E-state index is -2.38. The number of aliphatic hydroxyl groups is 11. The third-order valence-corrected chi connectivity index (χ3v) is 8.18. The number of Topliss-reactive ketones (excluding diaryl/α,β-unsaturated/α-hetero) is 1. The van der Waals surface area contributed by atoms with E-state index >= 15 is 0 Å². The largest absolute Gasteiger partial charge is 0.550 e. The van der Waals surface area contributed by atoms with E-state index in [-0.39, 0.29) is 54.3 Å². The number of benzene rings is 1. The third-order valence-electron chi connectivity index (χ3n) is 8.18. The molecule has 0 bridgehead atoms. The van der Waals surface area contributed by atoms with Gasteiger partial charge in [-0.05, 0) is 47.0 Å². The van der Waals surface area contributed by atoms with Crippen LogP contribution in [-0.2, 0) is 57.5 Å². The zero-order valence-corrected chi connectivity index (χ0v) is 44.1. The molecule has 0 aliphatic carbocycles. The molecule has 1 aromatic rings. The van der Waals surface area contributed by atoms with Crippen molar-refractivity contribution in [2.45, 2.75) is 159 Å². The average Bonchev–Trinajstić information content (AvgIpc) is 3.44. The minimum absolute atomic E-state index is 0. The predicted molar refractivity (Wildman–Crippen MR) is 265 cm³/mol. The third kappa shape index (κ3) is 60.2. The zero-order chi connectivity index (χ0) is 64.4. The Hall–Kier alpha value is -7.47. The number of hydrogen-bond donors (Lipinski definition) is 14. The maximum Gasteiger partial charge on any atom is 0.335 e. The van der Waals surface area contributed by atoms with E-state index in [1.54, 1.807) is 13.8 Å². The summed E-state index contributed by atoms with van der Waals surface area (Å²) in [5.74, 6) is -17.8. The first-order chi connectivity index (χ1) is 35.7. The van der Waals surface area contributed by atoms with Crippen LogP contribution in [-0.4, -0.2) is 205 Å². The van der Waals surface area contributed by atoms with E-state index < -0.39 is 157 Å². The van der Waals surface area contributed by atoms with Crippen molar-refractivity contribution in [2.75, 3.05) is 19.8 Å². The molecule has 1 aliphatic heterocycles. The highest BCUT2D eigenvalue weighted by molar-refractivity contribution is 5.94. The lowest BCUT2D eigenvalue weighted by Gasteiger charge is -2.25. The number of rotatable bonds is 18. The molecule has 0 saturated heterocycles. The number of carboxylic acids is 10. The molecule has 0 fully saturated rings. The van der Waals surface area contributed by atoms with Crippen molar-refractivity contribution in [2.24, 2.45) is 17.8 Å². The summed E-state index contributed by atoms with van der Waals surface area (Å²) in [4.78, 5) is 108. The number of hydrogen-bond acceptors (Lipinski definition) is 30. The second-order valence-corrected chi connectivity index (χ2v) is 16.3. The molecule has 0 saturated carbocycles. The summed E-state index contributed by atoms with van der Waals surface area (Å²) in [5.41, 5.74) is 0.941. The Labute approximate surface area is 472 Å². The number of aryl methyl sites for hydroxylation is 2. The van der Waals surface area contributed by atoms with Gasteiger partial charge < -0.3 is 146 Å². The maximum atomic E-state index is 10.9. The van der Waals surface area contributed by atoms with Gasteiger partial charge in [0.25, 0.3) is 0 Å². The summed E-state index contributed by atoms with van der Waals surface area (Å²) in [6.45, 7) is 12.6. The van der Waals surface area contributed by atoms with Crippen LogP contribution in [0.25, 0.3) is 0 Å². The van der Waals surface area contributed by atoms with Crippen LogP contribution in [0.15, 0.2) is 35.8 Å². The zero-order valence-electron chi connectivity index (χ0n) is 44.1. The monoisotopic (exact) mass is 1200 g/mol. The number of carboxylic acid groups (broad SMARTS) is 10. The van der Waals surface area contributed by atoms with Gasteiger partial charge in [-0.2, -0.15) is 0 Å². The van der Waals surface area contributed by atoms with Crippen molar-refractivity contribution < 1.29 is 165 Å². The van der Waals surface area contributed by atoms with E-state index in [0.717, 1.165) is 13.8 Å². The molecule has 14 N–H and O–H groups in total. The van der Waals surface area contributed by atoms with Crippen molar-refractivity contribution >= 4 is 65.5 Å². The second kappa shape index (κ2) is 52.9. The molecule has 82 heavy (non-hydrogen) atoms. The van der Waals surface area contributed by atoms with Gasteiger partial charge in [0.2, 0.25) is 5.78 Å². The van der Waals surface area contributed by atoms with Crippen LogP contribution in [0, 0.1) is 31.6 Å². The number of ketones is 1. The normalized spacial score (nSPS) is 15.3. The first-order valence-electron chi connectivity index (χ1n) is 22.2. The fourth-order valence-corrected chi connectivity index (χ4v) is 3.72. The Bertz CT molecular complexity index is 1970. The van der Waals surface area contributed by atoms with E-state index in [9.17, 15) is 88.8 Å². The highest BCUT2D eigenvalue weighted by Crippen LogP contribution is 2.20. The number of carbonyl (C=O) groups excluding carboxylic acids is 8. The number of ether oxygens (including phenoxy) is 1. The molecular weight excluding hydrogens is 1120 g/mol.